The third-order valence-electron chi connectivity index (χ3n) is 4.20. The van der Waals surface area contributed by atoms with E-state index in [9.17, 15) is 0 Å². The first-order valence-electron chi connectivity index (χ1n) is 6.53. The molecular weight excluding hydrogens is 214 g/mol. The van der Waals surface area contributed by atoms with Gasteiger partial charge < -0.3 is 15.0 Å². The lowest BCUT2D eigenvalue weighted by atomic mass is 9.61. The number of nitrogens with zero attached hydrogens (tertiary/aromatic N) is 1. The Hall–Kier alpha value is -0.870. The lowest BCUT2D eigenvalue weighted by Crippen LogP contribution is -2.61. The summed E-state index contributed by atoms with van der Waals surface area (Å²) < 4.78 is 5.79. The van der Waals surface area contributed by atoms with Crippen LogP contribution in [0.3, 0.4) is 0 Å². The minimum absolute atomic E-state index is 0.274. The van der Waals surface area contributed by atoms with Gasteiger partial charge in [-0.1, -0.05) is 13.8 Å². The average Bonchev–Trinajstić information content (AvgIpc) is 2.84. The summed E-state index contributed by atoms with van der Waals surface area (Å²) in [6.07, 6.45) is 6.27. The number of nitrogens with one attached hydrogen (secondary N) is 2. The molecule has 1 saturated carbocycles. The van der Waals surface area contributed by atoms with E-state index in [0.29, 0.717) is 12.1 Å². The normalized spacial score (nSPS) is 32.4. The zero-order valence-electron chi connectivity index (χ0n) is 11.0. The first-order valence-corrected chi connectivity index (χ1v) is 6.53. The van der Waals surface area contributed by atoms with Crippen LogP contribution >= 0.6 is 0 Å². The maximum Gasteiger partial charge on any atom is 0.0922 e. The molecule has 4 heteroatoms. The molecule has 1 heterocycles. The number of rotatable bonds is 6. The van der Waals surface area contributed by atoms with Crippen molar-refractivity contribution < 1.29 is 4.74 Å². The van der Waals surface area contributed by atoms with Gasteiger partial charge in [-0.3, -0.25) is 0 Å². The van der Waals surface area contributed by atoms with Gasteiger partial charge in [-0.15, -0.1) is 0 Å². The highest BCUT2D eigenvalue weighted by Gasteiger charge is 2.50. The van der Waals surface area contributed by atoms with Gasteiger partial charge in [-0.25, -0.2) is 4.98 Å². The topological polar surface area (TPSA) is 49.9 Å². The van der Waals surface area contributed by atoms with Crippen molar-refractivity contribution in [2.75, 3.05) is 6.61 Å². The summed E-state index contributed by atoms with van der Waals surface area (Å²) in [5, 5.41) is 3.60. The van der Waals surface area contributed by atoms with Crippen LogP contribution in [0.15, 0.2) is 12.5 Å². The minimum atomic E-state index is 0.274. The largest absolute Gasteiger partial charge is 0.378 e. The summed E-state index contributed by atoms with van der Waals surface area (Å²) in [7, 11) is 0. The van der Waals surface area contributed by atoms with E-state index in [1.165, 1.54) is 0 Å². The van der Waals surface area contributed by atoms with Gasteiger partial charge in [0.05, 0.1) is 12.4 Å². The first-order chi connectivity index (χ1) is 8.20. The number of ether oxygens (including phenoxy) is 1. The van der Waals surface area contributed by atoms with Crippen molar-refractivity contribution in [2.24, 2.45) is 5.41 Å². The van der Waals surface area contributed by atoms with Gasteiger partial charge in [0.25, 0.3) is 0 Å². The Morgan fingerprint density at radius 3 is 3.00 bits per heavy atom. The molecule has 0 bridgehead atoms. The molecule has 2 rings (SSSR count). The summed E-state index contributed by atoms with van der Waals surface area (Å²) in [6.45, 7) is 8.31. The average molecular weight is 237 g/mol. The van der Waals surface area contributed by atoms with Gasteiger partial charge in [-0.05, 0) is 19.8 Å². The van der Waals surface area contributed by atoms with Gasteiger partial charge in [0.1, 0.15) is 0 Å². The molecule has 0 aliphatic heterocycles. The van der Waals surface area contributed by atoms with E-state index in [1.807, 2.05) is 6.20 Å². The molecule has 1 aromatic rings. The molecule has 0 spiro atoms. The van der Waals surface area contributed by atoms with E-state index in [4.69, 9.17) is 4.74 Å². The molecule has 3 unspecified atom stereocenters. The fourth-order valence-electron chi connectivity index (χ4n) is 2.68. The highest BCUT2D eigenvalue weighted by Crippen LogP contribution is 2.45. The molecule has 0 saturated heterocycles. The molecule has 96 valence electrons. The van der Waals surface area contributed by atoms with Crippen LogP contribution < -0.4 is 5.32 Å². The molecule has 1 aliphatic carbocycles. The van der Waals surface area contributed by atoms with Crippen molar-refractivity contribution in [3.05, 3.63) is 18.2 Å². The Morgan fingerprint density at radius 1 is 1.59 bits per heavy atom. The van der Waals surface area contributed by atoms with Crippen molar-refractivity contribution in [2.45, 2.75) is 52.3 Å². The van der Waals surface area contributed by atoms with Gasteiger partial charge in [0, 0.05) is 36.5 Å². The lowest BCUT2D eigenvalue weighted by molar-refractivity contribution is -0.126. The number of hydrogen-bond donors (Lipinski definition) is 2. The third kappa shape index (κ3) is 2.38. The molecule has 0 radical (unpaired) electrons. The van der Waals surface area contributed by atoms with E-state index < -0.39 is 0 Å². The van der Waals surface area contributed by atoms with Crippen LogP contribution in [-0.4, -0.2) is 28.7 Å². The zero-order chi connectivity index (χ0) is 12.3. The SMILES string of the molecule is CCOC1CC(NCc2cnc[nH]2)C1(C)CC. The van der Waals surface area contributed by atoms with Crippen LogP contribution in [0.4, 0.5) is 0 Å². The fraction of sp³-hybridized carbons (Fsp3) is 0.769. The van der Waals surface area contributed by atoms with Crippen LogP contribution in [0.25, 0.3) is 0 Å². The summed E-state index contributed by atoms with van der Waals surface area (Å²) in [5.41, 5.74) is 1.42. The fourth-order valence-corrected chi connectivity index (χ4v) is 2.68. The molecular formula is C13H23N3O. The van der Waals surface area contributed by atoms with Gasteiger partial charge in [0.15, 0.2) is 0 Å². The minimum Gasteiger partial charge on any atom is -0.378 e. The highest BCUT2D eigenvalue weighted by atomic mass is 16.5. The van der Waals surface area contributed by atoms with E-state index in [-0.39, 0.29) is 5.41 Å². The quantitative estimate of drug-likeness (QED) is 0.796. The number of H-pyrrole nitrogens is 1. The van der Waals surface area contributed by atoms with E-state index >= 15 is 0 Å². The Labute approximate surface area is 103 Å². The van der Waals surface area contributed by atoms with Gasteiger partial charge >= 0.3 is 0 Å². The van der Waals surface area contributed by atoms with Crippen molar-refractivity contribution in [3.63, 3.8) is 0 Å². The van der Waals surface area contributed by atoms with E-state index in [0.717, 1.165) is 31.7 Å². The first kappa shape index (κ1) is 12.6. The predicted octanol–water partition coefficient (Wildman–Crippen LogP) is 2.09. The van der Waals surface area contributed by atoms with Crippen LogP contribution in [-0.2, 0) is 11.3 Å². The molecule has 0 amide bonds. The van der Waals surface area contributed by atoms with Crippen LogP contribution in [0.1, 0.15) is 39.3 Å². The summed E-state index contributed by atoms with van der Waals surface area (Å²) >= 11 is 0. The maximum absolute atomic E-state index is 5.79. The lowest BCUT2D eigenvalue weighted by Gasteiger charge is -2.53. The molecule has 17 heavy (non-hydrogen) atoms. The second-order valence-electron chi connectivity index (χ2n) is 5.05. The summed E-state index contributed by atoms with van der Waals surface area (Å²) in [5.74, 6) is 0. The Kier molecular flexibility index (Phi) is 3.84. The standard InChI is InChI=1S/C13H23N3O/c1-4-13(3)11(6-12(13)17-5-2)15-8-10-7-14-9-16-10/h7,9,11-12,15H,4-6,8H2,1-3H3,(H,14,16). The molecule has 4 nitrogen and oxygen atoms in total. The van der Waals surface area contributed by atoms with Crippen LogP contribution in [0.2, 0.25) is 0 Å². The molecule has 0 aromatic carbocycles. The molecule has 1 aromatic heterocycles. The third-order valence-corrected chi connectivity index (χ3v) is 4.20. The molecule has 2 N–H and O–H groups in total. The Balaban J connectivity index is 1.86. The number of aromatic amines is 1. The Morgan fingerprint density at radius 2 is 2.41 bits per heavy atom. The summed E-state index contributed by atoms with van der Waals surface area (Å²) in [4.78, 5) is 7.14. The van der Waals surface area contributed by atoms with Crippen LogP contribution in [0, 0.1) is 5.41 Å². The number of hydrogen-bond acceptors (Lipinski definition) is 3. The molecule has 1 fully saturated rings. The second kappa shape index (κ2) is 5.19. The van der Waals surface area contributed by atoms with Crippen molar-refractivity contribution in [3.8, 4) is 0 Å². The smallest absolute Gasteiger partial charge is 0.0922 e. The van der Waals surface area contributed by atoms with Crippen molar-refractivity contribution in [1.82, 2.24) is 15.3 Å². The van der Waals surface area contributed by atoms with E-state index in [1.54, 1.807) is 6.33 Å². The van der Waals surface area contributed by atoms with Crippen molar-refractivity contribution >= 4 is 0 Å². The maximum atomic E-state index is 5.79. The van der Waals surface area contributed by atoms with Crippen LogP contribution in [0.5, 0.6) is 0 Å². The Bertz CT molecular complexity index is 338. The monoisotopic (exact) mass is 237 g/mol. The van der Waals surface area contributed by atoms with E-state index in [2.05, 4.69) is 36.1 Å². The molecule has 3 atom stereocenters. The number of imidazole rings is 1. The molecule has 1 aliphatic rings. The van der Waals surface area contributed by atoms with Gasteiger partial charge in [0.2, 0.25) is 0 Å². The van der Waals surface area contributed by atoms with Crippen molar-refractivity contribution in [1.29, 1.82) is 0 Å². The highest BCUT2D eigenvalue weighted by molar-refractivity contribution is 5.06. The zero-order valence-corrected chi connectivity index (χ0v) is 11.0. The summed E-state index contributed by atoms with van der Waals surface area (Å²) in [6, 6.07) is 0.548. The second-order valence-corrected chi connectivity index (χ2v) is 5.05. The van der Waals surface area contributed by atoms with Gasteiger partial charge in [-0.2, -0.15) is 0 Å². The predicted molar refractivity (Wildman–Crippen MR) is 67.6 cm³/mol. The number of aromatic nitrogens is 2.